The van der Waals surface area contributed by atoms with E-state index in [1.807, 2.05) is 13.8 Å². The molecule has 2 aliphatic heterocycles. The van der Waals surface area contributed by atoms with Crippen LogP contribution in [0.5, 0.6) is 0 Å². The van der Waals surface area contributed by atoms with Crippen molar-refractivity contribution in [2.75, 3.05) is 13.7 Å². The van der Waals surface area contributed by atoms with E-state index in [-0.39, 0.29) is 36.6 Å². The minimum Gasteiger partial charge on any atom is -0.462 e. The van der Waals surface area contributed by atoms with Crippen molar-refractivity contribution in [2.24, 2.45) is 34.5 Å². The molecule has 3 aliphatic carbocycles. The Hall–Kier alpha value is -1.57. The van der Waals surface area contributed by atoms with Gasteiger partial charge in [0.15, 0.2) is 11.6 Å². The Labute approximate surface area is 163 Å². The minimum absolute atomic E-state index is 0.126. The molecule has 0 aromatic rings. The monoisotopic (exact) mass is 390 g/mol. The standard InChI is InChI=1S/C21H26O7/c1-9-5-13(22)17(26-4)19(3)11(9)6-14-20-8-27-21(25,18(19)20)16(24)10(2)12(20)7-15(23)28-14/h5,10-12,14,17-18,25H,6-8H2,1-4H3/t10-,11+,12+,14-,17-,18-,19-,20-,21+/m1/s1. The summed E-state index contributed by atoms with van der Waals surface area (Å²) in [4.78, 5) is 38.5. The first kappa shape index (κ1) is 18.5. The van der Waals surface area contributed by atoms with Gasteiger partial charge < -0.3 is 19.3 Å². The summed E-state index contributed by atoms with van der Waals surface area (Å²) in [5, 5.41) is 11.6. The van der Waals surface area contributed by atoms with Gasteiger partial charge in [0.05, 0.1) is 6.61 Å². The molecular formula is C21H26O7. The van der Waals surface area contributed by atoms with Crippen LogP contribution in [0.3, 0.4) is 0 Å². The first-order chi connectivity index (χ1) is 13.1. The summed E-state index contributed by atoms with van der Waals surface area (Å²) >= 11 is 0. The zero-order valence-corrected chi connectivity index (χ0v) is 16.6. The summed E-state index contributed by atoms with van der Waals surface area (Å²) in [5.41, 5.74) is -0.678. The van der Waals surface area contributed by atoms with Crippen LogP contribution >= 0.6 is 0 Å². The first-order valence-electron chi connectivity index (χ1n) is 9.97. The third-order valence-electron chi connectivity index (χ3n) is 8.59. The summed E-state index contributed by atoms with van der Waals surface area (Å²) in [6, 6.07) is 0. The second-order valence-corrected chi connectivity index (χ2v) is 9.53. The van der Waals surface area contributed by atoms with Crippen LogP contribution in [0.15, 0.2) is 11.6 Å². The van der Waals surface area contributed by atoms with Gasteiger partial charge in [-0.1, -0.05) is 19.4 Å². The largest absolute Gasteiger partial charge is 0.462 e. The normalized spacial score (nSPS) is 54.6. The van der Waals surface area contributed by atoms with E-state index in [9.17, 15) is 19.5 Å². The molecule has 4 fully saturated rings. The Balaban J connectivity index is 1.79. The third kappa shape index (κ3) is 1.75. The number of carbonyl (C=O) groups excluding carboxylic acids is 3. The van der Waals surface area contributed by atoms with Crippen LogP contribution in [-0.4, -0.2) is 54.4 Å². The van der Waals surface area contributed by atoms with Gasteiger partial charge in [-0.25, -0.2) is 0 Å². The Morgan fingerprint density at radius 3 is 2.68 bits per heavy atom. The number of hydrogen-bond donors (Lipinski definition) is 1. The van der Waals surface area contributed by atoms with Crippen molar-refractivity contribution in [3.05, 3.63) is 11.6 Å². The summed E-state index contributed by atoms with van der Waals surface area (Å²) in [6.45, 7) is 5.72. The number of ketones is 2. The van der Waals surface area contributed by atoms with Gasteiger partial charge in [0.2, 0.25) is 5.79 Å². The van der Waals surface area contributed by atoms with Crippen molar-refractivity contribution in [1.82, 2.24) is 0 Å². The molecule has 0 unspecified atom stereocenters. The third-order valence-corrected chi connectivity index (χ3v) is 8.59. The lowest BCUT2D eigenvalue weighted by molar-refractivity contribution is -0.278. The van der Waals surface area contributed by atoms with Gasteiger partial charge in [-0.15, -0.1) is 0 Å². The van der Waals surface area contributed by atoms with Crippen LogP contribution in [0.25, 0.3) is 0 Å². The average Bonchev–Trinajstić information content (AvgIpc) is 2.92. The zero-order chi connectivity index (χ0) is 20.2. The Kier molecular flexibility index (Phi) is 3.50. The maximum atomic E-state index is 13.3. The fourth-order valence-electron chi connectivity index (χ4n) is 7.68. The van der Waals surface area contributed by atoms with E-state index in [1.54, 1.807) is 13.0 Å². The number of methoxy groups -OCH3 is 1. The minimum atomic E-state index is -2.00. The molecule has 5 aliphatic rings. The molecular weight excluding hydrogens is 364 g/mol. The van der Waals surface area contributed by atoms with E-state index in [4.69, 9.17) is 14.2 Å². The number of hydrogen-bond acceptors (Lipinski definition) is 7. The van der Waals surface area contributed by atoms with Gasteiger partial charge in [-0.3, -0.25) is 14.4 Å². The first-order valence-corrected chi connectivity index (χ1v) is 9.97. The van der Waals surface area contributed by atoms with Gasteiger partial charge in [0, 0.05) is 36.2 Å². The summed E-state index contributed by atoms with van der Waals surface area (Å²) < 4.78 is 17.3. The summed E-state index contributed by atoms with van der Waals surface area (Å²) in [6.07, 6.45) is 0.990. The predicted molar refractivity (Wildman–Crippen MR) is 94.8 cm³/mol. The lowest BCUT2D eigenvalue weighted by atomic mass is 9.38. The fraction of sp³-hybridized carbons (Fsp3) is 0.762. The molecule has 5 rings (SSSR count). The highest BCUT2D eigenvalue weighted by molar-refractivity contribution is 5.97. The van der Waals surface area contributed by atoms with Gasteiger partial charge in [-0.2, -0.15) is 0 Å². The molecule has 1 N–H and O–H groups in total. The van der Waals surface area contributed by atoms with E-state index in [1.165, 1.54) is 7.11 Å². The SMILES string of the molecule is CO[C@@H]1C(=O)C=C(C)[C@@H]2C[C@H]3OC(=O)C[C@H]4[C@@H](C)C(=O)[C@]5(O)OC[C@]34[C@H]5[C@@]12C. The van der Waals surface area contributed by atoms with Crippen molar-refractivity contribution in [3.63, 3.8) is 0 Å². The van der Waals surface area contributed by atoms with Gasteiger partial charge in [0.25, 0.3) is 0 Å². The highest BCUT2D eigenvalue weighted by Gasteiger charge is 2.82. The molecule has 152 valence electrons. The number of Topliss-reactive ketones (excluding diaryl/α,β-unsaturated/α-hetero) is 1. The van der Waals surface area contributed by atoms with Crippen LogP contribution in [-0.2, 0) is 28.6 Å². The van der Waals surface area contributed by atoms with Crippen LogP contribution in [0, 0.1) is 34.5 Å². The Morgan fingerprint density at radius 2 is 2.00 bits per heavy atom. The molecule has 2 bridgehead atoms. The van der Waals surface area contributed by atoms with Crippen molar-refractivity contribution in [1.29, 1.82) is 0 Å². The Bertz CT molecular complexity index is 833. The van der Waals surface area contributed by atoms with E-state index in [2.05, 4.69) is 0 Å². The summed E-state index contributed by atoms with van der Waals surface area (Å²) in [5.74, 6) is -4.52. The smallest absolute Gasteiger partial charge is 0.306 e. The molecule has 0 amide bonds. The average molecular weight is 390 g/mol. The topological polar surface area (TPSA) is 99.1 Å². The molecule has 2 heterocycles. The van der Waals surface area contributed by atoms with E-state index in [0.29, 0.717) is 6.42 Å². The van der Waals surface area contributed by atoms with Crippen LogP contribution in [0.4, 0.5) is 0 Å². The number of fused-ring (bicyclic) bond motifs is 1. The van der Waals surface area contributed by atoms with Crippen LogP contribution < -0.4 is 0 Å². The zero-order valence-electron chi connectivity index (χ0n) is 16.6. The number of aliphatic hydroxyl groups is 1. The highest BCUT2D eigenvalue weighted by atomic mass is 16.6. The number of esters is 1. The highest BCUT2D eigenvalue weighted by Crippen LogP contribution is 2.73. The molecule has 0 aromatic heterocycles. The molecule has 2 saturated carbocycles. The number of allylic oxidation sites excluding steroid dienone is 1. The van der Waals surface area contributed by atoms with Crippen LogP contribution in [0.1, 0.15) is 33.6 Å². The quantitative estimate of drug-likeness (QED) is 0.668. The number of rotatable bonds is 1. The molecule has 0 aromatic carbocycles. The molecule has 2 saturated heterocycles. The molecule has 28 heavy (non-hydrogen) atoms. The molecule has 7 heteroatoms. The van der Waals surface area contributed by atoms with Crippen molar-refractivity contribution in [3.8, 4) is 0 Å². The van der Waals surface area contributed by atoms with E-state index < -0.39 is 46.4 Å². The van der Waals surface area contributed by atoms with Gasteiger partial charge in [-0.05, 0) is 31.3 Å². The van der Waals surface area contributed by atoms with Gasteiger partial charge in [0.1, 0.15) is 12.2 Å². The fourth-order valence-corrected chi connectivity index (χ4v) is 7.68. The second kappa shape index (κ2) is 5.32. The van der Waals surface area contributed by atoms with E-state index >= 15 is 0 Å². The van der Waals surface area contributed by atoms with Crippen LogP contribution in [0.2, 0.25) is 0 Å². The molecule has 1 spiro atoms. The molecule has 7 nitrogen and oxygen atoms in total. The lowest BCUT2D eigenvalue weighted by Gasteiger charge is -2.66. The molecule has 0 radical (unpaired) electrons. The Morgan fingerprint density at radius 1 is 1.29 bits per heavy atom. The lowest BCUT2D eigenvalue weighted by Crippen LogP contribution is -2.75. The maximum Gasteiger partial charge on any atom is 0.306 e. The second-order valence-electron chi connectivity index (χ2n) is 9.53. The van der Waals surface area contributed by atoms with E-state index in [0.717, 1.165) is 5.57 Å². The van der Waals surface area contributed by atoms with Crippen molar-refractivity contribution < 1.29 is 33.7 Å². The summed E-state index contributed by atoms with van der Waals surface area (Å²) in [7, 11) is 1.49. The molecule has 9 atom stereocenters. The maximum absolute atomic E-state index is 13.3. The number of carbonyl (C=O) groups is 3. The number of ether oxygens (including phenoxy) is 3. The van der Waals surface area contributed by atoms with Gasteiger partial charge >= 0.3 is 5.97 Å². The van der Waals surface area contributed by atoms with Crippen molar-refractivity contribution >= 4 is 17.5 Å². The predicted octanol–water partition coefficient (Wildman–Crippen LogP) is 1.03. The van der Waals surface area contributed by atoms with Crippen molar-refractivity contribution in [2.45, 2.75) is 51.6 Å².